The number of ether oxygens (including phenoxy) is 1. The number of carbonyl (C=O) groups is 1. The second-order valence-electron chi connectivity index (χ2n) is 3.25. The first-order valence-electron chi connectivity index (χ1n) is 4.67. The van der Waals surface area contributed by atoms with Crippen LogP contribution in [0.5, 0.6) is 5.75 Å². The molecule has 0 fully saturated rings. The number of hydrogen-bond donors (Lipinski definition) is 2. The molecule has 1 aromatic rings. The van der Waals surface area contributed by atoms with Crippen molar-refractivity contribution in [2.45, 2.75) is 6.42 Å². The van der Waals surface area contributed by atoms with Crippen molar-refractivity contribution >= 4 is 11.6 Å². The molecule has 0 spiro atoms. The fourth-order valence-electron chi connectivity index (χ4n) is 1.53. The smallest absolute Gasteiger partial charge is 0.262 e. The van der Waals surface area contributed by atoms with E-state index in [2.05, 4.69) is 10.2 Å². The topological polar surface area (TPSA) is 73.6 Å². The third-order valence-electron chi connectivity index (χ3n) is 2.22. The Kier molecular flexibility index (Phi) is 2.84. The van der Waals surface area contributed by atoms with Gasteiger partial charge in [0.1, 0.15) is 5.75 Å². The van der Waals surface area contributed by atoms with Crippen LogP contribution in [0.2, 0.25) is 0 Å². The van der Waals surface area contributed by atoms with Gasteiger partial charge in [-0.25, -0.2) is 5.90 Å². The summed E-state index contributed by atoms with van der Waals surface area (Å²) in [5.41, 5.74) is 1.69. The summed E-state index contributed by atoms with van der Waals surface area (Å²) in [4.78, 5) is 15.7. The van der Waals surface area contributed by atoms with Crippen molar-refractivity contribution < 1.29 is 14.4 Å². The zero-order valence-electron chi connectivity index (χ0n) is 8.16. The standard InChI is InChI=1S/C10H12N2O3/c11-15-5-4-7-2-1-3-8-10(7)12-9(13)6-14-8/h1-3H,4-6,11H2,(H,12,13). The van der Waals surface area contributed by atoms with Gasteiger partial charge in [-0.15, -0.1) is 0 Å². The predicted molar refractivity (Wildman–Crippen MR) is 54.4 cm³/mol. The Morgan fingerprint density at radius 3 is 3.20 bits per heavy atom. The van der Waals surface area contributed by atoms with Crippen molar-refractivity contribution in [3.8, 4) is 5.75 Å². The molecular formula is C10H12N2O3. The fraction of sp³-hybridized carbons (Fsp3) is 0.300. The third kappa shape index (κ3) is 2.08. The number of amides is 1. The van der Waals surface area contributed by atoms with Crippen molar-refractivity contribution in [2.24, 2.45) is 5.90 Å². The Labute approximate surface area is 87.1 Å². The Morgan fingerprint density at radius 2 is 2.40 bits per heavy atom. The average molecular weight is 208 g/mol. The lowest BCUT2D eigenvalue weighted by Crippen LogP contribution is -2.26. The number of fused-ring (bicyclic) bond motifs is 1. The van der Waals surface area contributed by atoms with Gasteiger partial charge < -0.3 is 14.9 Å². The monoisotopic (exact) mass is 208 g/mol. The lowest BCUT2D eigenvalue weighted by Gasteiger charge is -2.20. The van der Waals surface area contributed by atoms with Crippen LogP contribution in [0.3, 0.4) is 0 Å². The highest BCUT2D eigenvalue weighted by Gasteiger charge is 2.18. The van der Waals surface area contributed by atoms with Crippen molar-refractivity contribution in [2.75, 3.05) is 18.5 Å². The van der Waals surface area contributed by atoms with Crippen molar-refractivity contribution in [3.63, 3.8) is 0 Å². The Balaban J connectivity index is 2.27. The van der Waals surface area contributed by atoms with Gasteiger partial charge in [0, 0.05) is 0 Å². The van der Waals surface area contributed by atoms with E-state index in [1.54, 1.807) is 0 Å². The summed E-state index contributed by atoms with van der Waals surface area (Å²) in [7, 11) is 0. The molecule has 0 saturated heterocycles. The predicted octanol–water partition coefficient (Wildman–Crippen LogP) is 0.450. The molecule has 0 unspecified atom stereocenters. The summed E-state index contributed by atoms with van der Waals surface area (Å²) in [5, 5.41) is 2.78. The number of hydrogen-bond acceptors (Lipinski definition) is 4. The normalized spacial score (nSPS) is 14.1. The minimum absolute atomic E-state index is 0.0733. The van der Waals surface area contributed by atoms with Crippen LogP contribution in [0, 0.1) is 0 Å². The molecule has 2 rings (SSSR count). The number of rotatable bonds is 3. The van der Waals surface area contributed by atoms with Gasteiger partial charge >= 0.3 is 0 Å². The average Bonchev–Trinajstić information content (AvgIpc) is 2.26. The molecule has 0 saturated carbocycles. The van der Waals surface area contributed by atoms with E-state index in [9.17, 15) is 4.79 Å². The maximum Gasteiger partial charge on any atom is 0.262 e. The first kappa shape index (κ1) is 9.95. The van der Waals surface area contributed by atoms with Gasteiger partial charge in [-0.05, 0) is 18.1 Å². The molecule has 3 N–H and O–H groups in total. The van der Waals surface area contributed by atoms with E-state index in [1.165, 1.54) is 0 Å². The number of benzene rings is 1. The quantitative estimate of drug-likeness (QED) is 0.707. The lowest BCUT2D eigenvalue weighted by atomic mass is 10.1. The number of nitrogens with one attached hydrogen (secondary N) is 1. The molecule has 5 nitrogen and oxygen atoms in total. The van der Waals surface area contributed by atoms with Gasteiger partial charge in [-0.1, -0.05) is 12.1 Å². The van der Waals surface area contributed by atoms with Gasteiger partial charge in [-0.3, -0.25) is 4.79 Å². The van der Waals surface area contributed by atoms with Crippen molar-refractivity contribution in [1.29, 1.82) is 0 Å². The maximum atomic E-state index is 11.2. The molecule has 5 heteroatoms. The molecule has 1 aromatic carbocycles. The Morgan fingerprint density at radius 1 is 1.53 bits per heavy atom. The Hall–Kier alpha value is -1.59. The van der Waals surface area contributed by atoms with Crippen LogP contribution in [-0.2, 0) is 16.1 Å². The van der Waals surface area contributed by atoms with Gasteiger partial charge in [0.2, 0.25) is 0 Å². The van der Waals surface area contributed by atoms with E-state index in [4.69, 9.17) is 10.6 Å². The van der Waals surface area contributed by atoms with E-state index < -0.39 is 0 Å². The summed E-state index contributed by atoms with van der Waals surface area (Å²) in [6, 6.07) is 5.61. The number of anilines is 1. The minimum atomic E-state index is -0.136. The van der Waals surface area contributed by atoms with Gasteiger partial charge in [0.15, 0.2) is 6.61 Å². The zero-order chi connectivity index (χ0) is 10.7. The molecule has 0 aliphatic carbocycles. The number of nitrogens with two attached hydrogens (primary N) is 1. The summed E-state index contributed by atoms with van der Waals surface area (Å²) >= 11 is 0. The molecule has 15 heavy (non-hydrogen) atoms. The second kappa shape index (κ2) is 4.29. The minimum Gasteiger partial charge on any atom is -0.482 e. The molecule has 1 aliphatic rings. The van der Waals surface area contributed by atoms with Crippen LogP contribution in [0.4, 0.5) is 5.69 Å². The van der Waals surface area contributed by atoms with Crippen LogP contribution >= 0.6 is 0 Å². The molecule has 0 atom stereocenters. The first-order chi connectivity index (χ1) is 7.31. The third-order valence-corrected chi connectivity index (χ3v) is 2.22. The molecule has 0 aromatic heterocycles. The number of carbonyl (C=O) groups excluding carboxylic acids is 1. The van der Waals surface area contributed by atoms with Crippen LogP contribution < -0.4 is 16.0 Å². The molecular weight excluding hydrogens is 196 g/mol. The summed E-state index contributed by atoms with van der Waals surface area (Å²) in [6.45, 7) is 0.482. The SMILES string of the molecule is NOCCc1cccc2c1NC(=O)CO2. The maximum absolute atomic E-state index is 11.2. The van der Waals surface area contributed by atoms with E-state index in [-0.39, 0.29) is 12.5 Å². The number of para-hydroxylation sites is 1. The summed E-state index contributed by atoms with van der Waals surface area (Å²) in [6.07, 6.45) is 0.642. The van der Waals surface area contributed by atoms with Gasteiger partial charge in [0.25, 0.3) is 5.91 Å². The zero-order valence-corrected chi connectivity index (χ0v) is 8.16. The molecule has 1 heterocycles. The summed E-state index contributed by atoms with van der Waals surface area (Å²) in [5.74, 6) is 5.52. The van der Waals surface area contributed by atoms with Gasteiger partial charge in [0.05, 0.1) is 12.3 Å². The van der Waals surface area contributed by atoms with Crippen molar-refractivity contribution in [3.05, 3.63) is 23.8 Å². The van der Waals surface area contributed by atoms with E-state index in [0.29, 0.717) is 18.8 Å². The molecule has 0 bridgehead atoms. The highest BCUT2D eigenvalue weighted by atomic mass is 16.6. The van der Waals surface area contributed by atoms with E-state index >= 15 is 0 Å². The second-order valence-corrected chi connectivity index (χ2v) is 3.25. The molecule has 1 amide bonds. The van der Waals surface area contributed by atoms with Crippen LogP contribution in [0.1, 0.15) is 5.56 Å². The molecule has 80 valence electrons. The van der Waals surface area contributed by atoms with Gasteiger partial charge in [-0.2, -0.15) is 0 Å². The van der Waals surface area contributed by atoms with E-state index in [0.717, 1.165) is 11.3 Å². The summed E-state index contributed by atoms with van der Waals surface area (Å²) < 4.78 is 5.27. The van der Waals surface area contributed by atoms with Crippen LogP contribution in [-0.4, -0.2) is 19.1 Å². The highest BCUT2D eigenvalue weighted by molar-refractivity contribution is 5.96. The Bertz CT molecular complexity index is 379. The van der Waals surface area contributed by atoms with Crippen LogP contribution in [0.15, 0.2) is 18.2 Å². The molecule has 1 aliphatic heterocycles. The lowest BCUT2D eigenvalue weighted by molar-refractivity contribution is -0.118. The largest absolute Gasteiger partial charge is 0.482 e. The van der Waals surface area contributed by atoms with Crippen LogP contribution in [0.25, 0.3) is 0 Å². The van der Waals surface area contributed by atoms with Crippen molar-refractivity contribution in [1.82, 2.24) is 0 Å². The fourth-order valence-corrected chi connectivity index (χ4v) is 1.53. The highest BCUT2D eigenvalue weighted by Crippen LogP contribution is 2.31. The van der Waals surface area contributed by atoms with E-state index in [1.807, 2.05) is 18.2 Å². The molecule has 0 radical (unpaired) electrons. The first-order valence-corrected chi connectivity index (χ1v) is 4.67.